The zero-order valence-corrected chi connectivity index (χ0v) is 22.9. The first kappa shape index (κ1) is 25.5. The summed E-state index contributed by atoms with van der Waals surface area (Å²) in [6.45, 7) is 0.503. The molecule has 1 heterocycles. The summed E-state index contributed by atoms with van der Waals surface area (Å²) < 4.78 is 55.8. The molecule has 4 rings (SSSR count). The minimum absolute atomic E-state index is 0.0613. The molecule has 1 saturated heterocycles. The van der Waals surface area contributed by atoms with Gasteiger partial charge in [0.15, 0.2) is 9.84 Å². The van der Waals surface area contributed by atoms with Crippen LogP contribution in [0.3, 0.4) is 0 Å². The number of rotatable bonds is 8. The van der Waals surface area contributed by atoms with Crippen LogP contribution in [0.2, 0.25) is 0 Å². The van der Waals surface area contributed by atoms with Gasteiger partial charge in [-0.1, -0.05) is 76.6 Å². The molecular weight excluding hydrogens is 604 g/mol. The van der Waals surface area contributed by atoms with Crippen LogP contribution >= 0.6 is 31.9 Å². The molecule has 1 N–H and O–H groups in total. The summed E-state index contributed by atoms with van der Waals surface area (Å²) in [6.07, 6.45) is 0. The van der Waals surface area contributed by atoms with Crippen LogP contribution in [0.25, 0.3) is 0 Å². The number of hydrogen-bond donors (Lipinski definition) is 1. The second-order valence-electron chi connectivity index (χ2n) is 8.23. The van der Waals surface area contributed by atoms with Gasteiger partial charge < -0.3 is 5.32 Å². The Kier molecular flexibility index (Phi) is 7.95. The van der Waals surface area contributed by atoms with E-state index in [2.05, 4.69) is 37.2 Å². The minimum Gasteiger partial charge on any atom is -0.307 e. The highest BCUT2D eigenvalue weighted by Crippen LogP contribution is 2.33. The van der Waals surface area contributed by atoms with Gasteiger partial charge >= 0.3 is 0 Å². The lowest BCUT2D eigenvalue weighted by Crippen LogP contribution is -2.51. The molecule has 3 aromatic carbocycles. The zero-order chi connectivity index (χ0) is 24.3. The monoisotopic (exact) mass is 626 g/mol. The minimum atomic E-state index is -4.05. The molecular formula is C24H24Br2N2O4S2. The summed E-state index contributed by atoms with van der Waals surface area (Å²) in [4.78, 5) is 0.0870. The SMILES string of the molecule is O=S1(=O)C[C@H](NCc2ccccc2)[C@@H](N(Cc2ccccc2)S(=O)(=O)c2cc(Br)ccc2Br)C1. The van der Waals surface area contributed by atoms with E-state index in [1.54, 1.807) is 12.1 Å². The summed E-state index contributed by atoms with van der Waals surface area (Å²) in [5.74, 6) is -0.359. The molecule has 0 bridgehead atoms. The molecule has 0 unspecified atom stereocenters. The van der Waals surface area contributed by atoms with Crippen LogP contribution in [-0.4, -0.2) is 44.7 Å². The number of sulfone groups is 1. The van der Waals surface area contributed by atoms with Gasteiger partial charge in [0.1, 0.15) is 0 Å². The number of benzene rings is 3. The third-order valence-electron chi connectivity index (χ3n) is 5.76. The molecule has 10 heteroatoms. The first-order valence-electron chi connectivity index (χ1n) is 10.6. The van der Waals surface area contributed by atoms with E-state index in [-0.39, 0.29) is 22.9 Å². The summed E-state index contributed by atoms with van der Waals surface area (Å²) in [5, 5.41) is 3.31. The molecule has 1 aliphatic heterocycles. The van der Waals surface area contributed by atoms with Crippen LogP contribution in [0.15, 0.2) is 92.7 Å². The smallest absolute Gasteiger partial charge is 0.244 e. The van der Waals surface area contributed by atoms with Crippen LogP contribution in [0.4, 0.5) is 0 Å². The van der Waals surface area contributed by atoms with Crippen LogP contribution in [0.1, 0.15) is 11.1 Å². The summed E-state index contributed by atoms with van der Waals surface area (Å²) >= 11 is 6.72. The van der Waals surface area contributed by atoms with Crippen molar-refractivity contribution < 1.29 is 16.8 Å². The van der Waals surface area contributed by atoms with Crippen LogP contribution in [0.5, 0.6) is 0 Å². The van der Waals surface area contributed by atoms with Gasteiger partial charge in [0.25, 0.3) is 0 Å². The van der Waals surface area contributed by atoms with E-state index < -0.39 is 31.9 Å². The first-order chi connectivity index (χ1) is 16.2. The van der Waals surface area contributed by atoms with Crippen molar-refractivity contribution in [3.8, 4) is 0 Å². The lowest BCUT2D eigenvalue weighted by molar-refractivity contribution is 0.286. The van der Waals surface area contributed by atoms with Gasteiger partial charge in [0.05, 0.1) is 22.4 Å². The van der Waals surface area contributed by atoms with E-state index in [0.29, 0.717) is 15.5 Å². The number of nitrogens with one attached hydrogen (secondary N) is 1. The average Bonchev–Trinajstić information content (AvgIpc) is 3.12. The second-order valence-corrected chi connectivity index (χ2v) is 14.0. The molecule has 6 nitrogen and oxygen atoms in total. The van der Waals surface area contributed by atoms with Gasteiger partial charge in [0.2, 0.25) is 10.0 Å². The molecule has 3 aromatic rings. The topological polar surface area (TPSA) is 83.6 Å². The standard InChI is InChI=1S/C24H24Br2N2O4S2/c25-20-11-12-21(26)24(13-20)34(31,32)28(15-19-9-5-2-6-10-19)23-17-33(29,30)16-22(23)27-14-18-7-3-1-4-8-18/h1-13,22-23,27H,14-17H2/t22-,23-/m0/s1. The van der Waals surface area contributed by atoms with Crippen molar-refractivity contribution in [1.82, 2.24) is 9.62 Å². The van der Waals surface area contributed by atoms with Gasteiger partial charge in [-0.2, -0.15) is 4.31 Å². The number of sulfonamides is 1. The largest absolute Gasteiger partial charge is 0.307 e. The van der Waals surface area contributed by atoms with E-state index >= 15 is 0 Å². The van der Waals surface area contributed by atoms with Crippen molar-refractivity contribution in [1.29, 1.82) is 0 Å². The molecule has 0 radical (unpaired) electrons. The predicted molar refractivity (Wildman–Crippen MR) is 141 cm³/mol. The van der Waals surface area contributed by atoms with E-state index in [1.165, 1.54) is 10.4 Å². The molecule has 2 atom stereocenters. The van der Waals surface area contributed by atoms with Crippen molar-refractivity contribution in [3.05, 3.63) is 98.9 Å². The van der Waals surface area contributed by atoms with Crippen LogP contribution in [-0.2, 0) is 33.0 Å². The van der Waals surface area contributed by atoms with E-state index in [1.807, 2.05) is 60.7 Å². The molecule has 0 saturated carbocycles. The van der Waals surface area contributed by atoms with Crippen molar-refractivity contribution >= 4 is 51.7 Å². The maximum Gasteiger partial charge on any atom is 0.244 e. The highest BCUT2D eigenvalue weighted by atomic mass is 79.9. The molecule has 0 spiro atoms. The third kappa shape index (κ3) is 5.98. The van der Waals surface area contributed by atoms with Gasteiger partial charge in [-0.05, 0) is 45.3 Å². The average molecular weight is 628 g/mol. The number of hydrogen-bond acceptors (Lipinski definition) is 5. The van der Waals surface area contributed by atoms with E-state index in [9.17, 15) is 16.8 Å². The summed E-state index contributed by atoms with van der Waals surface area (Å²) in [5.41, 5.74) is 1.78. The van der Waals surface area contributed by atoms with Crippen molar-refractivity contribution in [3.63, 3.8) is 0 Å². The maximum atomic E-state index is 14.0. The van der Waals surface area contributed by atoms with Crippen molar-refractivity contribution in [2.75, 3.05) is 11.5 Å². The molecule has 0 amide bonds. The summed E-state index contributed by atoms with van der Waals surface area (Å²) in [7, 11) is -7.49. The Morgan fingerprint density at radius 2 is 1.50 bits per heavy atom. The molecule has 34 heavy (non-hydrogen) atoms. The van der Waals surface area contributed by atoms with Gasteiger partial charge in [-0.3, -0.25) is 0 Å². The molecule has 180 valence electrons. The normalized spacial score (nSPS) is 20.0. The highest BCUT2D eigenvalue weighted by Gasteiger charge is 2.45. The highest BCUT2D eigenvalue weighted by molar-refractivity contribution is 9.11. The Balaban J connectivity index is 1.74. The summed E-state index contributed by atoms with van der Waals surface area (Å²) in [6, 6.07) is 22.5. The Morgan fingerprint density at radius 3 is 2.15 bits per heavy atom. The van der Waals surface area contributed by atoms with E-state index in [4.69, 9.17) is 0 Å². The lowest BCUT2D eigenvalue weighted by atomic mass is 10.1. The fourth-order valence-electron chi connectivity index (χ4n) is 4.10. The second kappa shape index (κ2) is 10.6. The molecule has 1 aliphatic rings. The molecule has 0 aromatic heterocycles. The fourth-order valence-corrected chi connectivity index (χ4v) is 9.26. The maximum absolute atomic E-state index is 14.0. The van der Waals surface area contributed by atoms with Gasteiger partial charge in [-0.25, -0.2) is 16.8 Å². The lowest BCUT2D eigenvalue weighted by Gasteiger charge is -2.32. The number of nitrogens with zero attached hydrogens (tertiary/aromatic N) is 1. The van der Waals surface area contributed by atoms with Crippen molar-refractivity contribution in [2.24, 2.45) is 0 Å². The predicted octanol–water partition coefficient (Wildman–Crippen LogP) is 4.36. The fraction of sp³-hybridized carbons (Fsp3) is 0.250. The van der Waals surface area contributed by atoms with Crippen LogP contribution < -0.4 is 5.32 Å². The van der Waals surface area contributed by atoms with Crippen LogP contribution in [0, 0.1) is 0 Å². The van der Waals surface area contributed by atoms with Gasteiger partial charge in [-0.15, -0.1) is 0 Å². The Bertz CT molecular complexity index is 1350. The van der Waals surface area contributed by atoms with Crippen molar-refractivity contribution in [2.45, 2.75) is 30.1 Å². The quantitative estimate of drug-likeness (QED) is 0.401. The zero-order valence-electron chi connectivity index (χ0n) is 18.1. The molecule has 0 aliphatic carbocycles. The van der Waals surface area contributed by atoms with Gasteiger partial charge in [0, 0.05) is 28.1 Å². The Morgan fingerprint density at radius 1 is 0.882 bits per heavy atom. The Hall–Kier alpha value is -1.56. The first-order valence-corrected chi connectivity index (χ1v) is 15.5. The van der Waals surface area contributed by atoms with E-state index in [0.717, 1.165) is 11.1 Å². The molecule has 1 fully saturated rings. The number of halogens is 2. The third-order valence-corrected chi connectivity index (χ3v) is 10.8. The Labute approximate surface area is 217 Å².